The van der Waals surface area contributed by atoms with Crippen molar-refractivity contribution in [3.8, 4) is 11.5 Å². The van der Waals surface area contributed by atoms with Gasteiger partial charge >= 0.3 is 0 Å². The number of halogens is 2. The number of nitrogens with two attached hydrogens (primary N) is 1. The predicted molar refractivity (Wildman–Crippen MR) is 87.3 cm³/mol. The summed E-state index contributed by atoms with van der Waals surface area (Å²) < 4.78 is 25.0. The molecule has 0 aliphatic heterocycles. The maximum absolute atomic E-state index is 13.5. The van der Waals surface area contributed by atoms with Crippen LogP contribution in [-0.2, 0) is 6.61 Å². The minimum absolute atomic E-state index is 0.154. The van der Waals surface area contributed by atoms with Crippen LogP contribution in [0.15, 0.2) is 40.9 Å². The summed E-state index contributed by atoms with van der Waals surface area (Å²) in [6.45, 7) is 0.207. The fraction of sp³-hybridized carbons (Fsp3) is 0.133. The average Bonchev–Trinajstić information content (AvgIpc) is 2.45. The fourth-order valence-electron chi connectivity index (χ4n) is 1.76. The van der Waals surface area contributed by atoms with Crippen LogP contribution in [0.5, 0.6) is 11.5 Å². The van der Waals surface area contributed by atoms with E-state index in [1.165, 1.54) is 12.1 Å². The van der Waals surface area contributed by atoms with Crippen LogP contribution >= 0.6 is 28.1 Å². The number of ether oxygens (including phenoxy) is 2. The molecule has 2 N–H and O–H groups in total. The van der Waals surface area contributed by atoms with Gasteiger partial charge < -0.3 is 15.2 Å². The highest BCUT2D eigenvalue weighted by Gasteiger charge is 2.06. The molecule has 0 saturated carbocycles. The van der Waals surface area contributed by atoms with Crippen molar-refractivity contribution in [1.29, 1.82) is 0 Å². The van der Waals surface area contributed by atoms with Crippen LogP contribution in [0.1, 0.15) is 11.1 Å². The topological polar surface area (TPSA) is 44.5 Å². The molecule has 0 unspecified atom stereocenters. The van der Waals surface area contributed by atoms with E-state index in [2.05, 4.69) is 15.9 Å². The zero-order valence-electron chi connectivity index (χ0n) is 11.2. The van der Waals surface area contributed by atoms with E-state index in [0.717, 1.165) is 10.2 Å². The maximum atomic E-state index is 13.5. The molecule has 6 heteroatoms. The molecule has 0 spiro atoms. The standard InChI is InChI=1S/C15H13BrFNO2S/c1-19-12-2-3-14(13(16)7-12)20-8-9-4-10(15(18)21)6-11(17)5-9/h2-7H,8H2,1H3,(H2,18,21). The quantitative estimate of drug-likeness (QED) is 0.813. The second kappa shape index (κ2) is 6.87. The highest BCUT2D eigenvalue weighted by Crippen LogP contribution is 2.29. The van der Waals surface area contributed by atoms with Gasteiger partial charge in [0.05, 0.1) is 11.6 Å². The van der Waals surface area contributed by atoms with Gasteiger partial charge in [-0.05, 0) is 57.9 Å². The molecular weight excluding hydrogens is 357 g/mol. The molecule has 0 bridgehead atoms. The molecule has 21 heavy (non-hydrogen) atoms. The van der Waals surface area contributed by atoms with Crippen molar-refractivity contribution >= 4 is 33.1 Å². The average molecular weight is 370 g/mol. The van der Waals surface area contributed by atoms with E-state index in [4.69, 9.17) is 27.4 Å². The van der Waals surface area contributed by atoms with E-state index >= 15 is 0 Å². The first kappa shape index (κ1) is 15.7. The summed E-state index contributed by atoms with van der Waals surface area (Å²) in [6.07, 6.45) is 0. The molecule has 0 atom stereocenters. The Morgan fingerprint density at radius 1 is 1.29 bits per heavy atom. The summed E-state index contributed by atoms with van der Waals surface area (Å²) in [5.41, 5.74) is 6.65. The van der Waals surface area contributed by atoms with Gasteiger partial charge in [-0.15, -0.1) is 0 Å². The summed E-state index contributed by atoms with van der Waals surface area (Å²) >= 11 is 8.25. The highest BCUT2D eigenvalue weighted by atomic mass is 79.9. The number of benzene rings is 2. The van der Waals surface area contributed by atoms with E-state index in [-0.39, 0.29) is 11.6 Å². The minimum Gasteiger partial charge on any atom is -0.497 e. The van der Waals surface area contributed by atoms with Crippen LogP contribution in [0, 0.1) is 5.82 Å². The molecule has 0 amide bonds. The second-order valence-corrected chi connectivity index (χ2v) is 5.59. The van der Waals surface area contributed by atoms with Gasteiger partial charge in [0, 0.05) is 5.56 Å². The lowest BCUT2D eigenvalue weighted by atomic mass is 10.1. The van der Waals surface area contributed by atoms with Crippen molar-refractivity contribution in [2.24, 2.45) is 5.73 Å². The second-order valence-electron chi connectivity index (χ2n) is 4.30. The molecule has 0 saturated heterocycles. The molecule has 2 aromatic rings. The molecule has 2 rings (SSSR count). The molecular formula is C15H13BrFNO2S. The summed E-state index contributed by atoms with van der Waals surface area (Å²) in [4.78, 5) is 0.154. The fourth-order valence-corrected chi connectivity index (χ4v) is 2.35. The lowest BCUT2D eigenvalue weighted by Crippen LogP contribution is -2.10. The Morgan fingerprint density at radius 2 is 2.05 bits per heavy atom. The lowest BCUT2D eigenvalue weighted by molar-refractivity contribution is 0.303. The maximum Gasteiger partial charge on any atom is 0.134 e. The van der Waals surface area contributed by atoms with Crippen LogP contribution in [0.25, 0.3) is 0 Å². The number of thiocarbonyl (C=S) groups is 1. The molecule has 0 aliphatic carbocycles. The summed E-state index contributed by atoms with van der Waals surface area (Å²) in [6, 6.07) is 9.75. The van der Waals surface area contributed by atoms with Gasteiger partial charge in [0.1, 0.15) is 28.9 Å². The Kier molecular flexibility index (Phi) is 5.14. The number of methoxy groups -OCH3 is 1. The third kappa shape index (κ3) is 4.15. The summed E-state index contributed by atoms with van der Waals surface area (Å²) in [5.74, 6) is 0.959. The van der Waals surface area contributed by atoms with Crippen LogP contribution in [0.3, 0.4) is 0 Å². The molecule has 0 radical (unpaired) electrons. The van der Waals surface area contributed by atoms with Gasteiger partial charge in [-0.2, -0.15) is 0 Å². The Bertz CT molecular complexity index is 679. The summed E-state index contributed by atoms with van der Waals surface area (Å²) in [7, 11) is 1.59. The van der Waals surface area contributed by atoms with Crippen molar-refractivity contribution in [3.05, 3.63) is 57.8 Å². The van der Waals surface area contributed by atoms with Crippen LogP contribution in [0.2, 0.25) is 0 Å². The molecule has 2 aromatic carbocycles. The molecule has 3 nitrogen and oxygen atoms in total. The molecule has 0 fully saturated rings. The van der Waals surface area contributed by atoms with E-state index in [9.17, 15) is 4.39 Å². The third-order valence-corrected chi connectivity index (χ3v) is 3.63. The van der Waals surface area contributed by atoms with Crippen LogP contribution < -0.4 is 15.2 Å². The Balaban J connectivity index is 2.14. The number of rotatable bonds is 5. The largest absolute Gasteiger partial charge is 0.497 e. The van der Waals surface area contributed by atoms with E-state index in [0.29, 0.717) is 16.9 Å². The summed E-state index contributed by atoms with van der Waals surface area (Å²) in [5, 5.41) is 0. The van der Waals surface area contributed by atoms with Crippen molar-refractivity contribution in [2.45, 2.75) is 6.61 Å². The van der Waals surface area contributed by atoms with Crippen LogP contribution in [-0.4, -0.2) is 12.1 Å². The molecule has 0 aliphatic rings. The lowest BCUT2D eigenvalue weighted by Gasteiger charge is -2.10. The highest BCUT2D eigenvalue weighted by molar-refractivity contribution is 9.10. The number of hydrogen-bond acceptors (Lipinski definition) is 3. The number of hydrogen-bond donors (Lipinski definition) is 1. The zero-order chi connectivity index (χ0) is 15.4. The molecule has 110 valence electrons. The Labute approximate surface area is 136 Å². The van der Waals surface area contributed by atoms with Crippen molar-refractivity contribution < 1.29 is 13.9 Å². The molecule has 0 heterocycles. The van der Waals surface area contributed by atoms with Gasteiger partial charge in [0.15, 0.2) is 0 Å². The van der Waals surface area contributed by atoms with Crippen LogP contribution in [0.4, 0.5) is 4.39 Å². The van der Waals surface area contributed by atoms with Gasteiger partial charge in [-0.3, -0.25) is 0 Å². The van der Waals surface area contributed by atoms with Gasteiger partial charge in [0.25, 0.3) is 0 Å². The predicted octanol–water partition coefficient (Wildman–Crippen LogP) is 3.81. The van der Waals surface area contributed by atoms with E-state index in [1.54, 1.807) is 31.4 Å². The van der Waals surface area contributed by atoms with Crippen molar-refractivity contribution in [3.63, 3.8) is 0 Å². The van der Waals surface area contributed by atoms with Crippen molar-refractivity contribution in [2.75, 3.05) is 7.11 Å². The van der Waals surface area contributed by atoms with Crippen molar-refractivity contribution in [1.82, 2.24) is 0 Å². The van der Waals surface area contributed by atoms with E-state index in [1.807, 2.05) is 0 Å². The SMILES string of the molecule is COc1ccc(OCc2cc(F)cc(C(N)=S)c2)c(Br)c1. The first-order valence-electron chi connectivity index (χ1n) is 6.05. The third-order valence-electron chi connectivity index (χ3n) is 2.78. The smallest absolute Gasteiger partial charge is 0.134 e. The first-order valence-corrected chi connectivity index (χ1v) is 7.25. The molecule has 0 aromatic heterocycles. The Hall–Kier alpha value is -1.66. The minimum atomic E-state index is -0.396. The Morgan fingerprint density at radius 3 is 2.67 bits per heavy atom. The van der Waals surface area contributed by atoms with Gasteiger partial charge in [0.2, 0.25) is 0 Å². The van der Waals surface area contributed by atoms with E-state index < -0.39 is 5.82 Å². The monoisotopic (exact) mass is 369 g/mol. The van der Waals surface area contributed by atoms with Gasteiger partial charge in [-0.25, -0.2) is 4.39 Å². The van der Waals surface area contributed by atoms with Gasteiger partial charge in [-0.1, -0.05) is 12.2 Å². The zero-order valence-corrected chi connectivity index (χ0v) is 13.6. The first-order chi connectivity index (χ1) is 9.99. The normalized spacial score (nSPS) is 10.2.